The summed E-state index contributed by atoms with van der Waals surface area (Å²) in [6, 6.07) is 8.60. The van der Waals surface area contributed by atoms with Crippen LogP contribution < -0.4 is 5.32 Å². The Kier molecular flexibility index (Phi) is 7.16. The lowest BCUT2D eigenvalue weighted by Crippen LogP contribution is -2.34. The maximum absolute atomic E-state index is 13.0. The first-order valence-electron chi connectivity index (χ1n) is 10.9. The first kappa shape index (κ1) is 24.5. The number of H-pyrrole nitrogens is 1. The maximum Gasteiger partial charge on any atom is 0.255 e. The number of sulfone groups is 1. The zero-order valence-electron chi connectivity index (χ0n) is 18.5. The highest BCUT2D eigenvalue weighted by molar-refractivity contribution is 7.91. The molecule has 1 atom stereocenters. The molecule has 1 saturated heterocycles. The van der Waals surface area contributed by atoms with Crippen LogP contribution in [0.2, 0.25) is 10.0 Å². The highest BCUT2D eigenvalue weighted by atomic mass is 35.5. The summed E-state index contributed by atoms with van der Waals surface area (Å²) in [7, 11) is -3.45. The molecule has 3 aromatic rings. The van der Waals surface area contributed by atoms with Gasteiger partial charge in [0.05, 0.1) is 27.4 Å². The Morgan fingerprint density at radius 1 is 1.15 bits per heavy atom. The maximum atomic E-state index is 13.0. The topological polar surface area (TPSA) is 112 Å². The monoisotopic (exact) mass is 522 g/mol. The summed E-state index contributed by atoms with van der Waals surface area (Å²) in [5, 5.41) is 3.42. The lowest BCUT2D eigenvalue weighted by molar-refractivity contribution is 0.0792. The quantitative estimate of drug-likeness (QED) is 0.486. The molecular weight excluding hydrogens is 499 g/mol. The Morgan fingerprint density at radius 2 is 1.88 bits per heavy atom. The van der Waals surface area contributed by atoms with Gasteiger partial charge in [-0.05, 0) is 49.2 Å². The fourth-order valence-corrected chi connectivity index (χ4v) is 5.31. The number of hydrogen-bond donors (Lipinski definition) is 2. The fraction of sp³-hybridized carbons (Fsp3) is 0.348. The molecule has 1 fully saturated rings. The van der Waals surface area contributed by atoms with E-state index in [1.165, 1.54) is 18.2 Å². The minimum absolute atomic E-state index is 0.0788. The number of nitrogens with zero attached hydrogens (tertiary/aromatic N) is 2. The lowest BCUT2D eigenvalue weighted by atomic mass is 10.1. The summed E-state index contributed by atoms with van der Waals surface area (Å²) in [6.45, 7) is 2.92. The predicted octanol–water partition coefficient (Wildman–Crippen LogP) is 4.01. The average Bonchev–Trinajstić information content (AvgIpc) is 3.48. The minimum atomic E-state index is -3.45. The van der Waals surface area contributed by atoms with Crippen molar-refractivity contribution >= 4 is 55.9 Å². The van der Waals surface area contributed by atoms with Gasteiger partial charge in [0.25, 0.3) is 11.8 Å². The van der Waals surface area contributed by atoms with E-state index in [0.717, 1.165) is 12.8 Å². The molecule has 2 N–H and O–H groups in total. The number of rotatable bonds is 7. The predicted molar refractivity (Wildman–Crippen MR) is 132 cm³/mol. The third-order valence-corrected chi connectivity index (χ3v) is 8.08. The molecule has 34 heavy (non-hydrogen) atoms. The van der Waals surface area contributed by atoms with Crippen molar-refractivity contribution in [2.24, 2.45) is 0 Å². The van der Waals surface area contributed by atoms with Crippen LogP contribution in [0.15, 0.2) is 36.4 Å². The van der Waals surface area contributed by atoms with Crippen molar-refractivity contribution in [3.05, 3.63) is 63.4 Å². The average molecular weight is 523 g/mol. The Morgan fingerprint density at radius 3 is 2.56 bits per heavy atom. The number of carbonyl (C=O) groups excluding carboxylic acids is 2. The third kappa shape index (κ3) is 5.37. The highest BCUT2D eigenvalue weighted by Crippen LogP contribution is 2.24. The van der Waals surface area contributed by atoms with Gasteiger partial charge < -0.3 is 15.2 Å². The van der Waals surface area contributed by atoms with Crippen LogP contribution in [0, 0.1) is 0 Å². The zero-order valence-corrected chi connectivity index (χ0v) is 20.8. The van der Waals surface area contributed by atoms with Crippen LogP contribution in [-0.4, -0.2) is 59.7 Å². The van der Waals surface area contributed by atoms with E-state index in [2.05, 4.69) is 15.3 Å². The molecule has 11 heteroatoms. The summed E-state index contributed by atoms with van der Waals surface area (Å²) < 4.78 is 24.8. The molecule has 180 valence electrons. The summed E-state index contributed by atoms with van der Waals surface area (Å²) in [4.78, 5) is 34.9. The number of halogens is 2. The van der Waals surface area contributed by atoms with Crippen molar-refractivity contribution < 1.29 is 18.0 Å². The number of aromatic nitrogens is 2. The van der Waals surface area contributed by atoms with Crippen molar-refractivity contribution in [1.82, 2.24) is 20.2 Å². The number of hydrogen-bond acceptors (Lipinski definition) is 5. The normalized spacial score (nSPS) is 15.0. The van der Waals surface area contributed by atoms with Crippen LogP contribution >= 0.6 is 23.2 Å². The molecular formula is C23H24Cl2N4O4S. The third-order valence-electron chi connectivity index (χ3n) is 5.81. The van der Waals surface area contributed by atoms with Crippen LogP contribution in [-0.2, 0) is 9.84 Å². The second kappa shape index (κ2) is 9.93. The van der Waals surface area contributed by atoms with Gasteiger partial charge in [0, 0.05) is 29.4 Å². The summed E-state index contributed by atoms with van der Waals surface area (Å²) in [5.74, 6) is -0.805. The van der Waals surface area contributed by atoms with E-state index in [1.807, 2.05) is 0 Å². The van der Waals surface area contributed by atoms with Gasteiger partial charge in [-0.1, -0.05) is 30.1 Å². The van der Waals surface area contributed by atoms with Gasteiger partial charge >= 0.3 is 0 Å². The number of aromatic amines is 1. The standard InChI is InChI=1S/C23H24Cl2N4O4S/c1-2-34(32,33)13-20(21-26-18-8-6-15(24)12-19(18)27-21)28-22(30)14-5-7-16(17(25)11-14)23(31)29-9-3-4-10-29/h5-8,11-12,20H,2-4,9-10,13H2,1H3,(H,26,27)(H,28,30)/t20-/m0/s1. The molecule has 0 spiro atoms. The molecule has 1 aromatic heterocycles. The fourth-order valence-electron chi connectivity index (χ4n) is 3.89. The second-order valence-corrected chi connectivity index (χ2v) is 11.4. The smallest absolute Gasteiger partial charge is 0.255 e. The van der Waals surface area contributed by atoms with E-state index in [1.54, 1.807) is 30.0 Å². The number of fused-ring (bicyclic) bond motifs is 1. The van der Waals surface area contributed by atoms with Crippen LogP contribution in [0.3, 0.4) is 0 Å². The summed E-state index contributed by atoms with van der Waals surface area (Å²) in [5.41, 5.74) is 1.77. The zero-order chi connectivity index (χ0) is 24.5. The largest absolute Gasteiger partial charge is 0.341 e. The Balaban J connectivity index is 1.59. The Labute approximate surface area is 207 Å². The second-order valence-electron chi connectivity index (χ2n) is 8.20. The molecule has 0 unspecified atom stereocenters. The van der Waals surface area contributed by atoms with Crippen LogP contribution in [0.4, 0.5) is 0 Å². The molecule has 8 nitrogen and oxygen atoms in total. The first-order chi connectivity index (χ1) is 16.2. The van der Waals surface area contributed by atoms with Crippen molar-refractivity contribution in [2.75, 3.05) is 24.6 Å². The number of benzene rings is 2. The molecule has 4 rings (SSSR count). The number of carbonyl (C=O) groups is 2. The number of likely N-dealkylation sites (tertiary alicyclic amines) is 1. The van der Waals surface area contributed by atoms with Crippen molar-refractivity contribution in [1.29, 1.82) is 0 Å². The van der Waals surface area contributed by atoms with Crippen LogP contribution in [0.5, 0.6) is 0 Å². The van der Waals surface area contributed by atoms with E-state index >= 15 is 0 Å². The first-order valence-corrected chi connectivity index (χ1v) is 13.5. The van der Waals surface area contributed by atoms with E-state index in [9.17, 15) is 18.0 Å². The summed E-state index contributed by atoms with van der Waals surface area (Å²) >= 11 is 12.4. The van der Waals surface area contributed by atoms with E-state index in [4.69, 9.17) is 23.2 Å². The van der Waals surface area contributed by atoms with E-state index in [-0.39, 0.29) is 28.0 Å². The molecule has 1 aliphatic heterocycles. The van der Waals surface area contributed by atoms with Crippen molar-refractivity contribution in [3.8, 4) is 0 Å². The molecule has 0 radical (unpaired) electrons. The van der Waals surface area contributed by atoms with E-state index < -0.39 is 21.8 Å². The Hall–Kier alpha value is -2.62. The molecule has 2 aromatic carbocycles. The lowest BCUT2D eigenvalue weighted by Gasteiger charge is -2.18. The van der Waals surface area contributed by atoms with E-state index in [0.29, 0.717) is 40.5 Å². The number of imidazole rings is 1. The molecule has 2 amide bonds. The minimum Gasteiger partial charge on any atom is -0.341 e. The van der Waals surface area contributed by atoms with Gasteiger partial charge in [0.1, 0.15) is 11.9 Å². The molecule has 1 aliphatic rings. The van der Waals surface area contributed by atoms with Gasteiger partial charge in [0.15, 0.2) is 9.84 Å². The van der Waals surface area contributed by atoms with Crippen LogP contribution in [0.1, 0.15) is 52.3 Å². The van der Waals surface area contributed by atoms with Gasteiger partial charge in [-0.2, -0.15) is 0 Å². The molecule has 2 heterocycles. The van der Waals surface area contributed by atoms with Crippen LogP contribution in [0.25, 0.3) is 11.0 Å². The van der Waals surface area contributed by atoms with Crippen molar-refractivity contribution in [2.45, 2.75) is 25.8 Å². The SMILES string of the molecule is CCS(=O)(=O)C[C@H](NC(=O)c1ccc(C(=O)N2CCCC2)c(Cl)c1)c1nc2ccc(Cl)cc2[nH]1. The van der Waals surface area contributed by atoms with Gasteiger partial charge in [-0.25, -0.2) is 13.4 Å². The van der Waals surface area contributed by atoms with Gasteiger partial charge in [0.2, 0.25) is 0 Å². The molecule has 0 bridgehead atoms. The number of amides is 2. The number of nitrogens with one attached hydrogen (secondary N) is 2. The van der Waals surface area contributed by atoms with Gasteiger partial charge in [-0.15, -0.1) is 0 Å². The Bertz CT molecular complexity index is 1350. The molecule has 0 saturated carbocycles. The summed E-state index contributed by atoms with van der Waals surface area (Å²) in [6.07, 6.45) is 1.92. The van der Waals surface area contributed by atoms with Crippen molar-refractivity contribution in [3.63, 3.8) is 0 Å². The van der Waals surface area contributed by atoms with Gasteiger partial charge in [-0.3, -0.25) is 9.59 Å². The molecule has 0 aliphatic carbocycles. The highest BCUT2D eigenvalue weighted by Gasteiger charge is 2.26.